The van der Waals surface area contributed by atoms with Crippen LogP contribution in [0.1, 0.15) is 37.4 Å². The van der Waals surface area contributed by atoms with Crippen LogP contribution in [-0.4, -0.2) is 31.5 Å². The van der Waals surface area contributed by atoms with E-state index in [1.54, 1.807) is 36.4 Å². The number of amides is 1. The van der Waals surface area contributed by atoms with Crippen molar-refractivity contribution < 1.29 is 23.9 Å². The van der Waals surface area contributed by atoms with E-state index in [0.29, 0.717) is 16.7 Å². The molecular weight excluding hydrogens is 334 g/mol. The van der Waals surface area contributed by atoms with Crippen molar-refractivity contribution in [2.75, 3.05) is 13.7 Å². The van der Waals surface area contributed by atoms with Crippen molar-refractivity contribution in [2.24, 2.45) is 0 Å². The maximum atomic E-state index is 12.1. The lowest BCUT2D eigenvalue weighted by molar-refractivity contribution is -0.143. The molecule has 0 aliphatic heterocycles. The van der Waals surface area contributed by atoms with Gasteiger partial charge in [-0.05, 0) is 54.8 Å². The Morgan fingerprint density at radius 2 is 1.73 bits per heavy atom. The molecule has 0 saturated heterocycles. The Labute approximate surface area is 152 Å². The molecule has 0 aliphatic carbocycles. The van der Waals surface area contributed by atoms with Crippen LogP contribution in [0.25, 0.3) is 0 Å². The molecule has 0 radical (unpaired) electrons. The first kappa shape index (κ1) is 19.2. The van der Waals surface area contributed by atoms with Gasteiger partial charge in [0.05, 0.1) is 12.7 Å². The molecule has 1 N–H and O–H groups in total. The van der Waals surface area contributed by atoms with Gasteiger partial charge in [-0.3, -0.25) is 9.59 Å². The highest BCUT2D eigenvalue weighted by Crippen LogP contribution is 2.10. The van der Waals surface area contributed by atoms with Gasteiger partial charge in [0.25, 0.3) is 5.91 Å². The summed E-state index contributed by atoms with van der Waals surface area (Å²) in [5, 5.41) is 2.53. The number of nitrogens with one attached hydrogen (secondary N) is 1. The summed E-state index contributed by atoms with van der Waals surface area (Å²) >= 11 is 0. The van der Waals surface area contributed by atoms with Crippen LogP contribution in [0.4, 0.5) is 0 Å². The molecule has 0 atom stereocenters. The predicted molar refractivity (Wildman–Crippen MR) is 95.8 cm³/mol. The first-order valence-corrected chi connectivity index (χ1v) is 8.09. The maximum absolute atomic E-state index is 12.1. The molecule has 2 rings (SSSR count). The molecule has 1 amide bonds. The second-order valence-corrected chi connectivity index (χ2v) is 5.83. The van der Waals surface area contributed by atoms with E-state index in [1.807, 2.05) is 19.9 Å². The molecule has 0 saturated carbocycles. The highest BCUT2D eigenvalue weighted by atomic mass is 16.5. The van der Waals surface area contributed by atoms with Crippen molar-refractivity contribution in [3.05, 3.63) is 70.3 Å². The standard InChI is InChI=1S/C20H21NO5/c1-13-7-8-16(9-14(13)2)19(23)21-11-18(22)26-12-15-5-4-6-17(10-15)20(24)25-3/h4-10H,11-12H2,1-3H3,(H,21,23). The third-order valence-corrected chi connectivity index (χ3v) is 3.91. The minimum absolute atomic E-state index is 0.00315. The van der Waals surface area contributed by atoms with E-state index in [2.05, 4.69) is 10.1 Å². The minimum Gasteiger partial charge on any atom is -0.465 e. The lowest BCUT2D eigenvalue weighted by atomic mass is 10.1. The number of benzene rings is 2. The minimum atomic E-state index is -0.564. The molecular formula is C20H21NO5. The van der Waals surface area contributed by atoms with Crippen LogP contribution >= 0.6 is 0 Å². The summed E-state index contributed by atoms with van der Waals surface area (Å²) < 4.78 is 9.77. The van der Waals surface area contributed by atoms with Crippen LogP contribution in [0.5, 0.6) is 0 Å². The average Bonchev–Trinajstić information content (AvgIpc) is 2.66. The van der Waals surface area contributed by atoms with Gasteiger partial charge in [-0.15, -0.1) is 0 Å². The van der Waals surface area contributed by atoms with E-state index in [-0.39, 0.29) is 19.1 Å². The van der Waals surface area contributed by atoms with E-state index < -0.39 is 11.9 Å². The summed E-state index contributed by atoms with van der Waals surface area (Å²) in [6.07, 6.45) is 0. The SMILES string of the molecule is COC(=O)c1cccc(COC(=O)CNC(=O)c2ccc(C)c(C)c2)c1. The first-order valence-electron chi connectivity index (χ1n) is 8.09. The fourth-order valence-electron chi connectivity index (χ4n) is 2.26. The van der Waals surface area contributed by atoms with Gasteiger partial charge >= 0.3 is 11.9 Å². The second-order valence-electron chi connectivity index (χ2n) is 5.83. The largest absolute Gasteiger partial charge is 0.465 e. The Morgan fingerprint density at radius 3 is 2.42 bits per heavy atom. The maximum Gasteiger partial charge on any atom is 0.337 e. The average molecular weight is 355 g/mol. The van der Waals surface area contributed by atoms with Gasteiger partial charge in [-0.25, -0.2) is 4.79 Å². The van der Waals surface area contributed by atoms with Crippen molar-refractivity contribution >= 4 is 17.8 Å². The van der Waals surface area contributed by atoms with Crippen molar-refractivity contribution in [2.45, 2.75) is 20.5 Å². The Hall–Kier alpha value is -3.15. The van der Waals surface area contributed by atoms with E-state index in [0.717, 1.165) is 11.1 Å². The molecule has 0 aromatic heterocycles. The van der Waals surface area contributed by atoms with Crippen LogP contribution in [0.15, 0.2) is 42.5 Å². The lowest BCUT2D eigenvalue weighted by Gasteiger charge is -2.08. The molecule has 0 heterocycles. The van der Waals surface area contributed by atoms with Crippen LogP contribution < -0.4 is 5.32 Å². The smallest absolute Gasteiger partial charge is 0.337 e. The number of hydrogen-bond acceptors (Lipinski definition) is 5. The molecule has 0 bridgehead atoms. The number of rotatable bonds is 6. The van der Waals surface area contributed by atoms with E-state index in [1.165, 1.54) is 7.11 Å². The number of hydrogen-bond donors (Lipinski definition) is 1. The number of carbonyl (C=O) groups is 3. The van der Waals surface area contributed by atoms with Crippen molar-refractivity contribution in [1.82, 2.24) is 5.32 Å². The van der Waals surface area contributed by atoms with Crippen molar-refractivity contribution in [3.8, 4) is 0 Å². The fourth-order valence-corrected chi connectivity index (χ4v) is 2.26. The molecule has 136 valence electrons. The quantitative estimate of drug-likeness (QED) is 0.806. The zero-order chi connectivity index (χ0) is 19.1. The first-order chi connectivity index (χ1) is 12.4. The zero-order valence-electron chi connectivity index (χ0n) is 15.0. The molecule has 0 spiro atoms. The van der Waals surface area contributed by atoms with Gasteiger partial charge < -0.3 is 14.8 Å². The van der Waals surface area contributed by atoms with E-state index in [9.17, 15) is 14.4 Å². The van der Waals surface area contributed by atoms with Crippen LogP contribution in [0.3, 0.4) is 0 Å². The van der Waals surface area contributed by atoms with Gasteiger partial charge in [0.2, 0.25) is 0 Å². The van der Waals surface area contributed by atoms with Crippen LogP contribution in [-0.2, 0) is 20.9 Å². The number of esters is 2. The summed E-state index contributed by atoms with van der Waals surface area (Å²) in [6, 6.07) is 11.9. The number of methoxy groups -OCH3 is 1. The Kier molecular flexibility index (Phi) is 6.49. The molecule has 6 heteroatoms. The van der Waals surface area contributed by atoms with Crippen LogP contribution in [0.2, 0.25) is 0 Å². The van der Waals surface area contributed by atoms with Gasteiger partial charge in [0, 0.05) is 5.56 Å². The molecule has 26 heavy (non-hydrogen) atoms. The van der Waals surface area contributed by atoms with E-state index >= 15 is 0 Å². The number of ether oxygens (including phenoxy) is 2. The highest BCUT2D eigenvalue weighted by Gasteiger charge is 2.11. The Balaban J connectivity index is 1.84. The normalized spacial score (nSPS) is 10.1. The van der Waals surface area contributed by atoms with Gasteiger partial charge in [0.1, 0.15) is 13.2 Å². The lowest BCUT2D eigenvalue weighted by Crippen LogP contribution is -2.30. The third-order valence-electron chi connectivity index (χ3n) is 3.91. The van der Waals surface area contributed by atoms with Crippen LogP contribution in [0, 0.1) is 13.8 Å². The van der Waals surface area contributed by atoms with Crippen molar-refractivity contribution in [3.63, 3.8) is 0 Å². The topological polar surface area (TPSA) is 81.7 Å². The molecule has 2 aromatic rings. The van der Waals surface area contributed by atoms with Gasteiger partial charge in [0.15, 0.2) is 0 Å². The molecule has 0 unspecified atom stereocenters. The monoisotopic (exact) mass is 355 g/mol. The molecule has 2 aromatic carbocycles. The fraction of sp³-hybridized carbons (Fsp3) is 0.250. The summed E-state index contributed by atoms with van der Waals surface area (Å²) in [4.78, 5) is 35.4. The molecule has 0 aliphatic rings. The number of aryl methyl sites for hydroxylation is 2. The molecule has 6 nitrogen and oxygen atoms in total. The summed E-state index contributed by atoms with van der Waals surface area (Å²) in [7, 11) is 1.30. The second kappa shape index (κ2) is 8.80. The third kappa shape index (κ3) is 5.17. The predicted octanol–water partition coefficient (Wildman–Crippen LogP) is 2.56. The zero-order valence-corrected chi connectivity index (χ0v) is 15.0. The highest BCUT2D eigenvalue weighted by molar-refractivity contribution is 5.96. The number of carbonyl (C=O) groups excluding carboxylic acids is 3. The van der Waals surface area contributed by atoms with Crippen molar-refractivity contribution in [1.29, 1.82) is 0 Å². The Morgan fingerprint density at radius 1 is 0.962 bits per heavy atom. The van der Waals surface area contributed by atoms with E-state index in [4.69, 9.17) is 4.74 Å². The summed E-state index contributed by atoms with van der Waals surface area (Å²) in [6.45, 7) is 3.65. The van der Waals surface area contributed by atoms with Gasteiger partial charge in [-0.1, -0.05) is 18.2 Å². The molecule has 0 fully saturated rings. The van der Waals surface area contributed by atoms with Gasteiger partial charge in [-0.2, -0.15) is 0 Å². The Bertz CT molecular complexity index is 829. The summed E-state index contributed by atoms with van der Waals surface area (Å²) in [5.74, 6) is -1.36. The summed E-state index contributed by atoms with van der Waals surface area (Å²) in [5.41, 5.74) is 3.62.